The number of guanidine groups is 1. The maximum absolute atomic E-state index is 5.47. The molecule has 0 fully saturated rings. The Labute approximate surface area is 156 Å². The number of ether oxygens (including phenoxy) is 1. The summed E-state index contributed by atoms with van der Waals surface area (Å²) in [6, 6.07) is 10.1. The van der Waals surface area contributed by atoms with E-state index in [1.165, 1.54) is 5.56 Å². The third-order valence-corrected chi connectivity index (χ3v) is 4.55. The minimum Gasteiger partial charge on any atom is -0.497 e. The summed E-state index contributed by atoms with van der Waals surface area (Å²) >= 11 is 0. The molecule has 1 aromatic carbocycles. The molecule has 0 amide bonds. The van der Waals surface area contributed by atoms with Crippen LogP contribution in [0.2, 0.25) is 0 Å². The van der Waals surface area contributed by atoms with Crippen LogP contribution in [0.25, 0.3) is 0 Å². The standard InChI is InChI=1S/C20H30N4O2/c1-6-16(7-2)19-12-18(26-23-19)13-22-20(21-3)24(4)14-15-8-10-17(25-5)11-9-15/h8-12,16H,6-7,13-14H2,1-5H3,(H,21,22). The van der Waals surface area contributed by atoms with Crippen molar-refractivity contribution in [3.8, 4) is 5.75 Å². The highest BCUT2D eigenvalue weighted by Gasteiger charge is 2.14. The molecule has 0 radical (unpaired) electrons. The van der Waals surface area contributed by atoms with Crippen LogP contribution in [0.15, 0.2) is 39.8 Å². The van der Waals surface area contributed by atoms with Crippen LogP contribution < -0.4 is 10.1 Å². The van der Waals surface area contributed by atoms with Gasteiger partial charge in [0.25, 0.3) is 0 Å². The largest absolute Gasteiger partial charge is 0.497 e. The predicted octanol–water partition coefficient (Wildman–Crippen LogP) is 3.79. The van der Waals surface area contributed by atoms with Gasteiger partial charge in [0, 0.05) is 32.6 Å². The number of nitrogens with zero attached hydrogens (tertiary/aromatic N) is 3. The van der Waals surface area contributed by atoms with E-state index in [4.69, 9.17) is 9.26 Å². The third-order valence-electron chi connectivity index (χ3n) is 4.55. The van der Waals surface area contributed by atoms with Gasteiger partial charge >= 0.3 is 0 Å². The molecule has 142 valence electrons. The maximum Gasteiger partial charge on any atom is 0.194 e. The number of methoxy groups -OCH3 is 1. The minimum atomic E-state index is 0.463. The van der Waals surface area contributed by atoms with Crippen LogP contribution in [-0.4, -0.2) is 37.2 Å². The maximum atomic E-state index is 5.47. The van der Waals surface area contributed by atoms with Crippen molar-refractivity contribution >= 4 is 5.96 Å². The van der Waals surface area contributed by atoms with E-state index < -0.39 is 0 Å². The van der Waals surface area contributed by atoms with Crippen molar-refractivity contribution in [2.75, 3.05) is 21.2 Å². The molecule has 26 heavy (non-hydrogen) atoms. The molecular weight excluding hydrogens is 328 g/mol. The van der Waals surface area contributed by atoms with Gasteiger partial charge in [-0.15, -0.1) is 0 Å². The quantitative estimate of drug-likeness (QED) is 0.574. The van der Waals surface area contributed by atoms with Crippen LogP contribution in [0, 0.1) is 0 Å². The lowest BCUT2D eigenvalue weighted by molar-refractivity contribution is 0.365. The molecule has 0 unspecified atom stereocenters. The second-order valence-corrected chi connectivity index (χ2v) is 6.34. The average molecular weight is 358 g/mol. The van der Waals surface area contributed by atoms with Crippen LogP contribution in [0.4, 0.5) is 0 Å². The Morgan fingerprint density at radius 3 is 2.54 bits per heavy atom. The van der Waals surface area contributed by atoms with Gasteiger partial charge in [-0.05, 0) is 30.5 Å². The number of hydrogen-bond acceptors (Lipinski definition) is 4. The SMILES string of the molecule is CCC(CC)c1cc(CNC(=NC)N(C)Cc2ccc(OC)cc2)on1. The van der Waals surface area contributed by atoms with Gasteiger partial charge in [0.15, 0.2) is 11.7 Å². The zero-order chi connectivity index (χ0) is 18.9. The van der Waals surface area contributed by atoms with E-state index in [-0.39, 0.29) is 0 Å². The second-order valence-electron chi connectivity index (χ2n) is 6.34. The Kier molecular flexibility index (Phi) is 7.51. The molecule has 1 heterocycles. The Hall–Kier alpha value is -2.50. The van der Waals surface area contributed by atoms with Gasteiger partial charge in [-0.2, -0.15) is 0 Å². The first-order valence-corrected chi connectivity index (χ1v) is 9.11. The van der Waals surface area contributed by atoms with Gasteiger partial charge < -0.3 is 19.5 Å². The van der Waals surface area contributed by atoms with E-state index in [2.05, 4.69) is 46.3 Å². The Bertz CT molecular complexity index is 690. The number of benzene rings is 1. The summed E-state index contributed by atoms with van der Waals surface area (Å²) in [5.41, 5.74) is 2.22. The van der Waals surface area contributed by atoms with Crippen molar-refractivity contribution in [1.29, 1.82) is 0 Å². The van der Waals surface area contributed by atoms with Gasteiger partial charge in [-0.25, -0.2) is 0 Å². The lowest BCUT2D eigenvalue weighted by Crippen LogP contribution is -2.37. The number of nitrogens with one attached hydrogen (secondary N) is 1. The van der Waals surface area contributed by atoms with Crippen molar-refractivity contribution in [3.63, 3.8) is 0 Å². The van der Waals surface area contributed by atoms with Gasteiger partial charge in [0.05, 0.1) is 19.3 Å². The summed E-state index contributed by atoms with van der Waals surface area (Å²) < 4.78 is 10.7. The molecule has 1 aromatic heterocycles. The van der Waals surface area contributed by atoms with E-state index in [1.807, 2.05) is 25.2 Å². The van der Waals surface area contributed by atoms with Crippen molar-refractivity contribution in [2.45, 2.75) is 45.7 Å². The molecule has 2 aromatic rings. The van der Waals surface area contributed by atoms with E-state index in [1.54, 1.807) is 14.2 Å². The average Bonchev–Trinajstić information content (AvgIpc) is 3.12. The zero-order valence-corrected chi connectivity index (χ0v) is 16.5. The van der Waals surface area contributed by atoms with Crippen LogP contribution >= 0.6 is 0 Å². The highest BCUT2D eigenvalue weighted by molar-refractivity contribution is 5.79. The van der Waals surface area contributed by atoms with Crippen LogP contribution in [0.3, 0.4) is 0 Å². The summed E-state index contributed by atoms with van der Waals surface area (Å²) in [6.45, 7) is 5.67. The molecule has 6 heteroatoms. The molecule has 6 nitrogen and oxygen atoms in total. The zero-order valence-electron chi connectivity index (χ0n) is 16.5. The molecule has 0 atom stereocenters. The van der Waals surface area contributed by atoms with Crippen molar-refractivity contribution in [2.24, 2.45) is 4.99 Å². The summed E-state index contributed by atoms with van der Waals surface area (Å²) in [5.74, 6) is 2.95. The molecule has 0 saturated heterocycles. The van der Waals surface area contributed by atoms with Crippen LogP contribution in [0.5, 0.6) is 5.75 Å². The molecule has 1 N–H and O–H groups in total. The smallest absolute Gasteiger partial charge is 0.194 e. The molecule has 0 aliphatic rings. The number of rotatable bonds is 8. The number of aliphatic imine (C=N–C) groups is 1. The molecule has 0 bridgehead atoms. The van der Waals surface area contributed by atoms with Crippen LogP contribution in [-0.2, 0) is 13.1 Å². The molecule has 0 aliphatic carbocycles. The van der Waals surface area contributed by atoms with Crippen molar-refractivity contribution in [1.82, 2.24) is 15.4 Å². The fourth-order valence-electron chi connectivity index (χ4n) is 2.94. The normalized spacial score (nSPS) is 11.7. The topological polar surface area (TPSA) is 62.9 Å². The number of hydrogen-bond donors (Lipinski definition) is 1. The number of aromatic nitrogens is 1. The molecular formula is C20H30N4O2. The van der Waals surface area contributed by atoms with E-state index in [0.717, 1.165) is 42.5 Å². The lowest BCUT2D eigenvalue weighted by Gasteiger charge is -2.21. The third kappa shape index (κ3) is 5.25. The second kappa shape index (κ2) is 9.85. The molecule has 0 spiro atoms. The fourth-order valence-corrected chi connectivity index (χ4v) is 2.94. The van der Waals surface area contributed by atoms with Crippen LogP contribution in [0.1, 0.15) is 49.6 Å². The van der Waals surface area contributed by atoms with Gasteiger partial charge in [-0.1, -0.05) is 31.1 Å². The minimum absolute atomic E-state index is 0.463. The molecule has 0 aliphatic heterocycles. The monoisotopic (exact) mass is 358 g/mol. The van der Waals surface area contributed by atoms with E-state index >= 15 is 0 Å². The Morgan fingerprint density at radius 2 is 1.96 bits per heavy atom. The lowest BCUT2D eigenvalue weighted by atomic mass is 9.99. The van der Waals surface area contributed by atoms with Crippen molar-refractivity contribution < 1.29 is 9.26 Å². The first-order valence-electron chi connectivity index (χ1n) is 9.11. The Balaban J connectivity index is 1.92. The fraction of sp³-hybridized carbons (Fsp3) is 0.500. The first-order chi connectivity index (χ1) is 12.6. The summed E-state index contributed by atoms with van der Waals surface area (Å²) in [6.07, 6.45) is 2.14. The van der Waals surface area contributed by atoms with Gasteiger partial charge in [-0.3, -0.25) is 4.99 Å². The molecule has 0 saturated carbocycles. The highest BCUT2D eigenvalue weighted by Crippen LogP contribution is 2.22. The molecule has 2 rings (SSSR count). The van der Waals surface area contributed by atoms with Gasteiger partial charge in [0.2, 0.25) is 0 Å². The van der Waals surface area contributed by atoms with Crippen molar-refractivity contribution in [3.05, 3.63) is 47.3 Å². The van der Waals surface area contributed by atoms with E-state index in [9.17, 15) is 0 Å². The van der Waals surface area contributed by atoms with E-state index in [0.29, 0.717) is 12.5 Å². The predicted molar refractivity (Wildman–Crippen MR) is 104 cm³/mol. The first kappa shape index (κ1) is 19.8. The summed E-state index contributed by atoms with van der Waals surface area (Å²) in [5, 5.41) is 7.54. The Morgan fingerprint density at radius 1 is 1.27 bits per heavy atom. The highest BCUT2D eigenvalue weighted by atomic mass is 16.5. The van der Waals surface area contributed by atoms with Gasteiger partial charge in [0.1, 0.15) is 5.75 Å². The summed E-state index contributed by atoms with van der Waals surface area (Å²) in [7, 11) is 5.46. The summed E-state index contributed by atoms with van der Waals surface area (Å²) in [4.78, 5) is 6.42.